The number of nitrogens with zero attached hydrogens (tertiary/aromatic N) is 1. The molecule has 3 fully saturated rings. The van der Waals surface area contributed by atoms with Gasteiger partial charge in [-0.2, -0.15) is 0 Å². The van der Waals surface area contributed by atoms with Crippen LogP contribution >= 0.6 is 0 Å². The second-order valence-corrected chi connectivity index (χ2v) is 9.09. The summed E-state index contributed by atoms with van der Waals surface area (Å²) in [4.78, 5) is 14.8. The summed E-state index contributed by atoms with van der Waals surface area (Å²) in [6.07, 6.45) is 4.09. The Morgan fingerprint density at radius 3 is 2.44 bits per heavy atom. The van der Waals surface area contributed by atoms with Crippen LogP contribution in [0.5, 0.6) is 0 Å². The minimum absolute atomic E-state index is 0.0609. The molecule has 2 bridgehead atoms. The van der Waals surface area contributed by atoms with Gasteiger partial charge in [0.25, 0.3) is 0 Å². The van der Waals surface area contributed by atoms with Gasteiger partial charge in [-0.15, -0.1) is 0 Å². The van der Waals surface area contributed by atoms with Crippen molar-refractivity contribution in [1.82, 2.24) is 4.90 Å². The molecule has 2 atom stereocenters. The van der Waals surface area contributed by atoms with Crippen LogP contribution in [0, 0.1) is 18.8 Å². The van der Waals surface area contributed by atoms with Gasteiger partial charge in [-0.3, -0.25) is 9.69 Å². The van der Waals surface area contributed by atoms with Gasteiger partial charge in [0.1, 0.15) is 5.60 Å². The molecule has 138 valence electrons. The molecule has 4 rings (SSSR count). The fraction of sp³-hybridized carbons (Fsp3) is 0.682. The Bertz CT molecular complexity index is 595. The first-order valence-electron chi connectivity index (χ1n) is 9.76. The van der Waals surface area contributed by atoms with Crippen LogP contribution in [0.4, 0.5) is 0 Å². The summed E-state index contributed by atoms with van der Waals surface area (Å²) in [5.41, 5.74) is 2.30. The topological polar surface area (TPSA) is 29.5 Å². The van der Waals surface area contributed by atoms with Crippen molar-refractivity contribution in [3.8, 4) is 0 Å². The maximum atomic E-state index is 12.2. The zero-order valence-corrected chi connectivity index (χ0v) is 16.4. The Kier molecular flexibility index (Phi) is 5.24. The number of carbonyl (C=O) groups excluding carboxylic acids is 1. The monoisotopic (exact) mass is 343 g/mol. The number of aryl methyl sites for hydroxylation is 1. The number of piperidine rings is 2. The second kappa shape index (κ2) is 7.11. The SMILES string of the molecule is Cc1ccc(CN2C3CC(C3)[C@@H](C)[C@H]2CCC(=O)OC(C)(C)C)cc1. The predicted octanol–water partition coefficient (Wildman–Crippen LogP) is 4.72. The van der Waals surface area contributed by atoms with Crippen LogP contribution in [0.2, 0.25) is 0 Å². The molecule has 1 aliphatic carbocycles. The van der Waals surface area contributed by atoms with Gasteiger partial charge >= 0.3 is 5.97 Å². The lowest BCUT2D eigenvalue weighted by molar-refractivity contribution is -0.156. The molecule has 1 saturated carbocycles. The maximum Gasteiger partial charge on any atom is 0.306 e. The molecule has 2 heterocycles. The van der Waals surface area contributed by atoms with Crippen LogP contribution < -0.4 is 0 Å². The van der Waals surface area contributed by atoms with Crippen LogP contribution in [-0.2, 0) is 16.1 Å². The van der Waals surface area contributed by atoms with Crippen molar-refractivity contribution in [1.29, 1.82) is 0 Å². The Labute approximate surface area is 152 Å². The first kappa shape index (κ1) is 18.4. The van der Waals surface area contributed by atoms with Gasteiger partial charge in [-0.1, -0.05) is 36.8 Å². The summed E-state index contributed by atoms with van der Waals surface area (Å²) >= 11 is 0. The Morgan fingerprint density at radius 2 is 1.84 bits per heavy atom. The summed E-state index contributed by atoms with van der Waals surface area (Å²) in [5, 5.41) is 0. The second-order valence-electron chi connectivity index (χ2n) is 9.09. The summed E-state index contributed by atoms with van der Waals surface area (Å²) in [7, 11) is 0. The first-order valence-corrected chi connectivity index (χ1v) is 9.76. The van der Waals surface area contributed by atoms with E-state index in [4.69, 9.17) is 4.74 Å². The average molecular weight is 344 g/mol. The number of fused-ring (bicyclic) bond motifs is 2. The number of benzene rings is 1. The van der Waals surface area contributed by atoms with E-state index in [1.54, 1.807) is 0 Å². The van der Waals surface area contributed by atoms with Crippen LogP contribution in [0.1, 0.15) is 64.5 Å². The molecule has 0 aromatic heterocycles. The molecule has 1 aromatic rings. The van der Waals surface area contributed by atoms with Gasteiger partial charge < -0.3 is 4.74 Å². The van der Waals surface area contributed by atoms with E-state index < -0.39 is 0 Å². The van der Waals surface area contributed by atoms with Crippen molar-refractivity contribution in [3.05, 3.63) is 35.4 Å². The van der Waals surface area contributed by atoms with Gasteiger partial charge in [-0.25, -0.2) is 0 Å². The molecule has 0 unspecified atom stereocenters. The fourth-order valence-corrected chi connectivity index (χ4v) is 4.45. The molecule has 2 aliphatic heterocycles. The molecule has 0 N–H and O–H groups in total. The number of esters is 1. The van der Waals surface area contributed by atoms with E-state index >= 15 is 0 Å². The minimum Gasteiger partial charge on any atom is -0.460 e. The number of hydrogen-bond acceptors (Lipinski definition) is 3. The zero-order valence-electron chi connectivity index (χ0n) is 16.4. The van der Waals surface area contributed by atoms with Crippen molar-refractivity contribution in [2.45, 2.75) is 84.5 Å². The van der Waals surface area contributed by atoms with Crippen molar-refractivity contribution in [2.75, 3.05) is 0 Å². The van der Waals surface area contributed by atoms with E-state index in [2.05, 4.69) is 43.0 Å². The highest BCUT2D eigenvalue weighted by Crippen LogP contribution is 2.48. The largest absolute Gasteiger partial charge is 0.460 e. The van der Waals surface area contributed by atoms with Crippen LogP contribution in [0.3, 0.4) is 0 Å². The number of hydrogen-bond donors (Lipinski definition) is 0. The normalized spacial score (nSPS) is 29.2. The number of rotatable bonds is 5. The van der Waals surface area contributed by atoms with E-state index in [1.165, 1.54) is 24.0 Å². The summed E-state index contributed by atoms with van der Waals surface area (Å²) in [5.74, 6) is 1.45. The Morgan fingerprint density at radius 1 is 1.20 bits per heavy atom. The summed E-state index contributed by atoms with van der Waals surface area (Å²) < 4.78 is 5.51. The lowest BCUT2D eigenvalue weighted by Crippen LogP contribution is -2.60. The molecule has 0 spiro atoms. The van der Waals surface area contributed by atoms with Crippen molar-refractivity contribution >= 4 is 5.97 Å². The molecule has 1 aromatic carbocycles. The summed E-state index contributed by atoms with van der Waals surface area (Å²) in [6, 6.07) is 10.1. The average Bonchev–Trinajstić information content (AvgIpc) is 2.45. The molecule has 3 aliphatic rings. The van der Waals surface area contributed by atoms with Crippen LogP contribution in [-0.4, -0.2) is 28.6 Å². The highest BCUT2D eigenvalue weighted by molar-refractivity contribution is 5.69. The Hall–Kier alpha value is -1.35. The van der Waals surface area contributed by atoms with Crippen LogP contribution in [0.15, 0.2) is 24.3 Å². The maximum absolute atomic E-state index is 12.2. The van der Waals surface area contributed by atoms with E-state index in [9.17, 15) is 4.79 Å². The molecule has 3 nitrogen and oxygen atoms in total. The van der Waals surface area contributed by atoms with Gasteiger partial charge in [0.15, 0.2) is 0 Å². The van der Waals surface area contributed by atoms with Crippen LogP contribution in [0.25, 0.3) is 0 Å². The molecular formula is C22H33NO2. The number of ether oxygens (including phenoxy) is 1. The van der Waals surface area contributed by atoms with Crippen molar-refractivity contribution < 1.29 is 9.53 Å². The van der Waals surface area contributed by atoms with Crippen molar-refractivity contribution in [3.63, 3.8) is 0 Å². The highest BCUT2D eigenvalue weighted by Gasteiger charge is 2.48. The quantitative estimate of drug-likeness (QED) is 0.725. The third-order valence-electron chi connectivity index (χ3n) is 5.95. The molecular weight excluding hydrogens is 310 g/mol. The van der Waals surface area contributed by atoms with Gasteiger partial charge in [0.2, 0.25) is 0 Å². The highest BCUT2D eigenvalue weighted by atomic mass is 16.6. The first-order chi connectivity index (χ1) is 11.7. The lowest BCUT2D eigenvalue weighted by Gasteiger charge is -2.57. The predicted molar refractivity (Wildman–Crippen MR) is 101 cm³/mol. The molecule has 2 saturated heterocycles. The van der Waals surface area contributed by atoms with Gasteiger partial charge in [0.05, 0.1) is 0 Å². The summed E-state index contributed by atoms with van der Waals surface area (Å²) in [6.45, 7) is 11.3. The zero-order chi connectivity index (χ0) is 18.2. The standard InChI is InChI=1S/C22H33NO2/c1-15-6-8-17(9-7-15)14-23-19-12-18(13-19)16(2)20(23)10-11-21(24)25-22(3,4)5/h6-9,16,18-20H,10-14H2,1-5H3/t16-,18?,19?,20-/m1/s1. The molecule has 0 amide bonds. The molecule has 0 radical (unpaired) electrons. The fourth-order valence-electron chi connectivity index (χ4n) is 4.45. The number of carbonyl (C=O) groups is 1. The van der Waals surface area contributed by atoms with E-state index in [0.717, 1.165) is 18.9 Å². The van der Waals surface area contributed by atoms with Crippen molar-refractivity contribution in [2.24, 2.45) is 11.8 Å². The lowest BCUT2D eigenvalue weighted by atomic mass is 9.64. The minimum atomic E-state index is -0.390. The third kappa shape index (κ3) is 4.44. The van der Waals surface area contributed by atoms with Gasteiger partial charge in [-0.05, 0) is 64.4 Å². The van der Waals surface area contributed by atoms with E-state index in [1.807, 2.05) is 20.8 Å². The molecule has 25 heavy (non-hydrogen) atoms. The van der Waals surface area contributed by atoms with Gasteiger partial charge in [0, 0.05) is 25.0 Å². The van der Waals surface area contributed by atoms with E-state index in [0.29, 0.717) is 24.4 Å². The third-order valence-corrected chi connectivity index (χ3v) is 5.95. The molecule has 3 heteroatoms. The van der Waals surface area contributed by atoms with E-state index in [-0.39, 0.29) is 11.6 Å². The Balaban J connectivity index is 1.64. The smallest absolute Gasteiger partial charge is 0.306 e.